The zero-order chi connectivity index (χ0) is 46.8. The van der Waals surface area contributed by atoms with Crippen molar-refractivity contribution < 1.29 is 55.9 Å². The summed E-state index contributed by atoms with van der Waals surface area (Å²) in [5.41, 5.74) is -0.0399. The maximum absolute atomic E-state index is 13.5. The predicted octanol–water partition coefficient (Wildman–Crippen LogP) is 12.3. The molecule has 17 heteroatoms. The number of rotatable bonds is 22. The molecule has 2 atom stereocenters. The Kier molecular flexibility index (Phi) is 19.2. The minimum absolute atomic E-state index is 0.0963. The van der Waals surface area contributed by atoms with E-state index < -0.39 is 33.6 Å². The molecule has 0 saturated heterocycles. The van der Waals surface area contributed by atoms with Gasteiger partial charge in [-0.3, -0.25) is 0 Å². The van der Waals surface area contributed by atoms with Crippen LogP contribution in [0.5, 0.6) is 23.0 Å². The van der Waals surface area contributed by atoms with E-state index in [9.17, 15) is 18.0 Å². The lowest BCUT2D eigenvalue weighted by atomic mass is 9.98. The maximum atomic E-state index is 13.5. The third-order valence-electron chi connectivity index (χ3n) is 11.6. The average Bonchev–Trinajstić information content (AvgIpc) is 3.95. The number of halogens is 4. The van der Waals surface area contributed by atoms with Gasteiger partial charge in [-0.05, 0) is 241 Å². The van der Waals surface area contributed by atoms with Crippen LogP contribution in [0.3, 0.4) is 0 Å². The molecule has 0 heterocycles. The molecule has 0 spiro atoms. The first-order valence-corrected chi connectivity index (χ1v) is 27.6. The molecule has 2 unspecified atom stereocenters. The van der Waals surface area contributed by atoms with Crippen molar-refractivity contribution in [3.8, 4) is 23.0 Å². The number of sulfone groups is 1. The first-order chi connectivity index (χ1) is 31.1. The molecule has 4 aromatic carbocycles. The number of ether oxygens (including phenoxy) is 8. The van der Waals surface area contributed by atoms with Gasteiger partial charge in [0.1, 0.15) is 58.5 Å². The van der Waals surface area contributed by atoms with E-state index in [0.29, 0.717) is 34.1 Å². The monoisotopic (exact) mass is 1360 g/mol. The second-order valence-electron chi connectivity index (χ2n) is 16.1. The van der Waals surface area contributed by atoms with Crippen molar-refractivity contribution in [2.24, 2.45) is 0 Å². The summed E-state index contributed by atoms with van der Waals surface area (Å²) in [5.74, 6) is 1.03. The van der Waals surface area contributed by atoms with Crippen LogP contribution >= 0.6 is 90.4 Å². The predicted molar refractivity (Wildman–Crippen MR) is 279 cm³/mol. The van der Waals surface area contributed by atoms with Gasteiger partial charge >= 0.3 is 11.9 Å². The van der Waals surface area contributed by atoms with Crippen molar-refractivity contribution in [3.63, 3.8) is 0 Å². The first-order valence-electron chi connectivity index (χ1n) is 21.8. The van der Waals surface area contributed by atoms with Gasteiger partial charge in [0.05, 0.1) is 30.1 Å². The first kappa shape index (κ1) is 52.2. The highest BCUT2D eigenvalue weighted by Crippen LogP contribution is 2.40. The fraction of sp³-hybridized carbons (Fsp3) is 0.458. The summed E-state index contributed by atoms with van der Waals surface area (Å²) in [4.78, 5) is 26.9. The molecule has 0 amide bonds. The molecule has 12 nitrogen and oxygen atoms in total. The molecule has 6 rings (SSSR count). The number of carbonyl (C=O) groups excluding carboxylic acids is 2. The molecule has 65 heavy (non-hydrogen) atoms. The molecule has 2 aliphatic carbocycles. The van der Waals surface area contributed by atoms with E-state index in [-0.39, 0.29) is 48.2 Å². The highest BCUT2D eigenvalue weighted by molar-refractivity contribution is 14.1. The Labute approximate surface area is 436 Å². The Morgan fingerprint density at radius 3 is 1.26 bits per heavy atom. The Balaban J connectivity index is 0.943. The minimum Gasteiger partial charge on any atom is -0.489 e. The number of hydrogen-bond acceptors (Lipinski definition) is 12. The summed E-state index contributed by atoms with van der Waals surface area (Å²) in [5, 5.41) is 0. The Bertz CT molecular complexity index is 2210. The summed E-state index contributed by atoms with van der Waals surface area (Å²) in [6.45, 7) is 8.27. The smallest absolute Gasteiger partial charge is 0.342 e. The van der Waals surface area contributed by atoms with Gasteiger partial charge in [-0.25, -0.2) is 18.0 Å². The van der Waals surface area contributed by atoms with Crippen LogP contribution in [0.1, 0.15) is 113 Å². The third kappa shape index (κ3) is 14.0. The lowest BCUT2D eigenvalue weighted by Crippen LogP contribution is -2.31. The summed E-state index contributed by atoms with van der Waals surface area (Å²) >= 11 is 8.70. The largest absolute Gasteiger partial charge is 0.489 e. The fourth-order valence-electron chi connectivity index (χ4n) is 8.01. The molecular weight excluding hydrogens is 1310 g/mol. The number of benzene rings is 4. The maximum Gasteiger partial charge on any atom is 0.342 e. The molecule has 2 saturated carbocycles. The Morgan fingerprint density at radius 2 is 0.923 bits per heavy atom. The molecule has 4 aromatic rings. The van der Waals surface area contributed by atoms with Gasteiger partial charge in [-0.15, -0.1) is 0 Å². The molecule has 0 radical (unpaired) electrons. The minimum atomic E-state index is -3.85. The summed E-state index contributed by atoms with van der Waals surface area (Å²) in [6.07, 6.45) is 7.90. The molecule has 0 aromatic heterocycles. The van der Waals surface area contributed by atoms with Crippen molar-refractivity contribution in [2.75, 3.05) is 26.4 Å². The topological polar surface area (TPSA) is 142 Å². The normalized spacial score (nSPS) is 16.4. The van der Waals surface area contributed by atoms with Gasteiger partial charge < -0.3 is 37.9 Å². The van der Waals surface area contributed by atoms with E-state index in [1.54, 1.807) is 50.2 Å². The van der Waals surface area contributed by atoms with Crippen molar-refractivity contribution in [1.29, 1.82) is 0 Å². The summed E-state index contributed by atoms with van der Waals surface area (Å²) in [6, 6.07) is 19.7. The van der Waals surface area contributed by atoms with E-state index in [1.165, 1.54) is 24.3 Å². The second-order valence-corrected chi connectivity index (χ2v) is 22.8. The van der Waals surface area contributed by atoms with E-state index in [1.807, 2.05) is 12.1 Å². The van der Waals surface area contributed by atoms with Gasteiger partial charge in [0.25, 0.3) is 0 Å². The van der Waals surface area contributed by atoms with Crippen LogP contribution in [0.15, 0.2) is 82.6 Å². The Hall–Kier alpha value is -2.19. The van der Waals surface area contributed by atoms with Crippen LogP contribution in [-0.2, 0) is 28.8 Å². The van der Waals surface area contributed by atoms with Crippen LogP contribution < -0.4 is 18.9 Å². The van der Waals surface area contributed by atoms with Crippen LogP contribution in [0, 0.1) is 14.3 Å². The number of carbonyl (C=O) groups is 2. The quantitative estimate of drug-likeness (QED) is 0.0320. The third-order valence-corrected chi connectivity index (χ3v) is 16.3. The van der Waals surface area contributed by atoms with Crippen molar-refractivity contribution in [1.82, 2.24) is 0 Å². The lowest BCUT2D eigenvalue weighted by Gasteiger charge is -2.28. The standard InChI is InChI=1S/C48H54I4O12S/c1-5-47(19-7-8-20-47)63-45(53)39-27-33(49)29-41(51)43(39)59-25-23-57-31(3)61-35-11-15-37(16-12-35)65(55,56)38-17-13-36(14-18-38)62-32(4)58-24-26-60-44-40(28-34(50)30-42(44)52)46(54)64-48(6-2)21-9-10-22-48/h11-18,27-32H,5-10,19-26H2,1-4H3. The van der Waals surface area contributed by atoms with E-state index in [4.69, 9.17) is 37.9 Å². The zero-order valence-electron chi connectivity index (χ0n) is 36.8. The summed E-state index contributed by atoms with van der Waals surface area (Å²) in [7, 11) is -3.85. The van der Waals surface area contributed by atoms with Gasteiger partial charge in [0.15, 0.2) is 12.6 Å². The van der Waals surface area contributed by atoms with Gasteiger partial charge in [0, 0.05) is 7.14 Å². The van der Waals surface area contributed by atoms with Crippen molar-refractivity contribution in [3.05, 3.63) is 98.2 Å². The lowest BCUT2D eigenvalue weighted by molar-refractivity contribution is -0.0743. The molecular formula is C48H54I4O12S. The molecule has 2 aliphatic rings. The molecule has 2 fully saturated rings. The zero-order valence-corrected chi connectivity index (χ0v) is 46.2. The SMILES string of the molecule is CCC1(OC(=O)c2cc(I)cc(I)c2OCCOC(C)Oc2ccc(S(=O)(=O)c3ccc(OC(C)OCCOc4c(I)cc(I)cc4C(=O)OC4(CC)CCCC4)cc3)cc2)CCCC1. The van der Waals surface area contributed by atoms with Crippen molar-refractivity contribution in [2.45, 2.75) is 125 Å². The number of hydrogen-bond donors (Lipinski definition) is 0. The van der Waals surface area contributed by atoms with E-state index in [0.717, 1.165) is 78.5 Å². The van der Waals surface area contributed by atoms with E-state index in [2.05, 4.69) is 104 Å². The fourth-order valence-corrected chi connectivity index (χ4v) is 13.3. The number of esters is 2. The summed E-state index contributed by atoms with van der Waals surface area (Å²) < 4.78 is 78.2. The van der Waals surface area contributed by atoms with Gasteiger partial charge in [0.2, 0.25) is 9.84 Å². The molecule has 352 valence electrons. The molecule has 0 bridgehead atoms. The molecule has 0 aliphatic heterocycles. The highest BCUT2D eigenvalue weighted by atomic mass is 127. The highest BCUT2D eigenvalue weighted by Gasteiger charge is 2.38. The van der Waals surface area contributed by atoms with Crippen LogP contribution in [0.4, 0.5) is 0 Å². The Morgan fingerprint density at radius 1 is 0.569 bits per heavy atom. The van der Waals surface area contributed by atoms with Crippen LogP contribution in [-0.4, -0.2) is 70.6 Å². The average molecular weight is 1360 g/mol. The van der Waals surface area contributed by atoms with Crippen LogP contribution in [0.25, 0.3) is 0 Å². The molecule has 0 N–H and O–H groups in total. The van der Waals surface area contributed by atoms with Gasteiger partial charge in [-0.1, -0.05) is 13.8 Å². The van der Waals surface area contributed by atoms with Gasteiger partial charge in [-0.2, -0.15) is 0 Å². The van der Waals surface area contributed by atoms with Crippen LogP contribution in [0.2, 0.25) is 0 Å². The van der Waals surface area contributed by atoms with Crippen molar-refractivity contribution >= 4 is 112 Å². The van der Waals surface area contributed by atoms with E-state index >= 15 is 0 Å². The second kappa shape index (κ2) is 23.9.